The number of carbonyl (C=O) groups is 1. The van der Waals surface area contributed by atoms with Gasteiger partial charge in [-0.1, -0.05) is 11.2 Å². The maximum Gasteiger partial charge on any atom is 0.238 e. The van der Waals surface area contributed by atoms with Gasteiger partial charge in [-0.05, 0) is 25.3 Å². The molecule has 0 saturated carbocycles. The molecule has 0 spiro atoms. The van der Waals surface area contributed by atoms with E-state index in [0.29, 0.717) is 17.3 Å². The number of nitrogens with zero attached hydrogens (tertiary/aromatic N) is 2. The summed E-state index contributed by atoms with van der Waals surface area (Å²) in [5.74, 6) is 1.74. The van der Waals surface area contributed by atoms with Gasteiger partial charge in [0.05, 0.1) is 15.8 Å². The molecule has 3 heterocycles. The number of thioether (sulfide) groups is 1. The van der Waals surface area contributed by atoms with Gasteiger partial charge in [-0.25, -0.2) is 4.98 Å². The molecule has 1 N–H and O–H groups in total. The molecule has 3 aromatic heterocycles. The Morgan fingerprint density at radius 1 is 1.48 bits per heavy atom. The maximum atomic E-state index is 12.1. The number of aryl methyl sites for hydroxylation is 1. The molecule has 1 atom stereocenters. The van der Waals surface area contributed by atoms with Crippen molar-refractivity contribution in [2.45, 2.75) is 24.9 Å². The number of rotatable bonds is 6. The van der Waals surface area contributed by atoms with E-state index in [9.17, 15) is 4.79 Å². The Morgan fingerprint density at radius 3 is 3.04 bits per heavy atom. The Morgan fingerprint density at radius 2 is 2.35 bits per heavy atom. The van der Waals surface area contributed by atoms with E-state index in [1.807, 2.05) is 23.8 Å². The molecule has 3 aromatic rings. The fourth-order valence-electron chi connectivity index (χ4n) is 1.83. The lowest BCUT2D eigenvalue weighted by Crippen LogP contribution is -2.22. The first-order valence-corrected chi connectivity index (χ1v) is 9.76. The fraction of sp³-hybridized carbons (Fsp3) is 0.267. The van der Waals surface area contributed by atoms with Gasteiger partial charge in [0.25, 0.3) is 0 Å². The van der Waals surface area contributed by atoms with Crippen LogP contribution in [0.5, 0.6) is 0 Å². The van der Waals surface area contributed by atoms with Crippen LogP contribution >= 0.6 is 34.4 Å². The van der Waals surface area contributed by atoms with Gasteiger partial charge in [-0.2, -0.15) is 0 Å². The van der Waals surface area contributed by atoms with Crippen molar-refractivity contribution in [2.75, 3.05) is 5.32 Å². The Balaban J connectivity index is 1.52. The summed E-state index contributed by atoms with van der Waals surface area (Å²) >= 11 is 4.87. The second kappa shape index (κ2) is 7.29. The van der Waals surface area contributed by atoms with Crippen LogP contribution in [0.2, 0.25) is 0 Å². The van der Waals surface area contributed by atoms with E-state index in [2.05, 4.69) is 21.5 Å². The quantitative estimate of drug-likeness (QED) is 0.700. The summed E-state index contributed by atoms with van der Waals surface area (Å²) in [4.78, 5) is 17.9. The van der Waals surface area contributed by atoms with Gasteiger partial charge in [0.15, 0.2) is 5.82 Å². The summed E-state index contributed by atoms with van der Waals surface area (Å²) in [5.41, 5.74) is 1.00. The molecule has 0 radical (unpaired) electrons. The minimum Gasteiger partial charge on any atom is -0.360 e. The lowest BCUT2D eigenvalue weighted by molar-refractivity contribution is -0.115. The van der Waals surface area contributed by atoms with E-state index in [0.717, 1.165) is 10.7 Å². The van der Waals surface area contributed by atoms with Gasteiger partial charge in [-0.3, -0.25) is 4.79 Å². The van der Waals surface area contributed by atoms with Gasteiger partial charge < -0.3 is 9.84 Å². The minimum absolute atomic E-state index is 0.0861. The first-order valence-electron chi connectivity index (χ1n) is 6.96. The van der Waals surface area contributed by atoms with Crippen molar-refractivity contribution in [1.29, 1.82) is 0 Å². The smallest absolute Gasteiger partial charge is 0.238 e. The molecule has 1 amide bonds. The lowest BCUT2D eigenvalue weighted by Gasteiger charge is -2.09. The van der Waals surface area contributed by atoms with Crippen molar-refractivity contribution in [3.8, 4) is 9.88 Å². The number of anilines is 1. The van der Waals surface area contributed by atoms with Crippen molar-refractivity contribution >= 4 is 46.2 Å². The second-order valence-electron chi connectivity index (χ2n) is 4.89. The molecule has 0 saturated heterocycles. The first kappa shape index (κ1) is 16.2. The van der Waals surface area contributed by atoms with Gasteiger partial charge in [0, 0.05) is 17.2 Å². The zero-order valence-corrected chi connectivity index (χ0v) is 15.1. The molecule has 8 heteroatoms. The molecular weight excluding hydrogens is 350 g/mol. The van der Waals surface area contributed by atoms with Gasteiger partial charge in [-0.15, -0.1) is 34.4 Å². The third-order valence-electron chi connectivity index (χ3n) is 3.01. The number of hydrogen-bond acceptors (Lipinski definition) is 7. The minimum atomic E-state index is -0.195. The predicted molar refractivity (Wildman–Crippen MR) is 96.1 cm³/mol. The molecule has 0 aromatic carbocycles. The van der Waals surface area contributed by atoms with E-state index in [1.165, 1.54) is 4.88 Å². The molecule has 23 heavy (non-hydrogen) atoms. The zero-order valence-electron chi connectivity index (χ0n) is 12.6. The summed E-state index contributed by atoms with van der Waals surface area (Å²) in [6.45, 7) is 3.66. The zero-order chi connectivity index (χ0) is 16.2. The molecule has 0 unspecified atom stereocenters. The first-order chi connectivity index (χ1) is 11.1. The van der Waals surface area contributed by atoms with Gasteiger partial charge in [0.1, 0.15) is 10.8 Å². The fourth-order valence-corrected chi connectivity index (χ4v) is 4.34. The van der Waals surface area contributed by atoms with Crippen LogP contribution in [0.15, 0.2) is 33.5 Å². The van der Waals surface area contributed by atoms with Crippen LogP contribution in [0, 0.1) is 6.92 Å². The Hall–Kier alpha value is -1.64. The van der Waals surface area contributed by atoms with Crippen LogP contribution in [-0.2, 0) is 10.5 Å². The Kier molecular flexibility index (Phi) is 5.14. The molecule has 0 aliphatic carbocycles. The number of carbonyl (C=O) groups excluding carboxylic acids is 1. The standard InChI is InChI=1S/C15H15N3O2S3/c1-9-6-13(18-20-9)17-14(19)10(2)22-7-11-8-23-15(16-11)12-4-3-5-21-12/h3-6,8,10H,7H2,1-2H3,(H,17,18,19)/t10-/m1/s1. The van der Waals surface area contributed by atoms with E-state index < -0.39 is 0 Å². The van der Waals surface area contributed by atoms with Crippen molar-refractivity contribution in [3.63, 3.8) is 0 Å². The average Bonchev–Trinajstić information content (AvgIpc) is 3.26. The Bertz CT molecular complexity index is 780. The maximum absolute atomic E-state index is 12.1. The molecule has 120 valence electrons. The number of hydrogen-bond donors (Lipinski definition) is 1. The molecule has 3 rings (SSSR count). The molecule has 5 nitrogen and oxygen atoms in total. The van der Waals surface area contributed by atoms with Crippen LogP contribution in [0.1, 0.15) is 18.4 Å². The van der Waals surface area contributed by atoms with Gasteiger partial charge in [0.2, 0.25) is 5.91 Å². The number of amides is 1. The lowest BCUT2D eigenvalue weighted by atomic mass is 10.4. The number of thiophene rings is 1. The van der Waals surface area contributed by atoms with Crippen molar-refractivity contribution in [2.24, 2.45) is 0 Å². The number of aromatic nitrogens is 2. The van der Waals surface area contributed by atoms with Crippen molar-refractivity contribution in [1.82, 2.24) is 10.1 Å². The van der Waals surface area contributed by atoms with Gasteiger partial charge >= 0.3 is 0 Å². The predicted octanol–water partition coefficient (Wildman–Crippen LogP) is 4.43. The highest BCUT2D eigenvalue weighted by atomic mass is 32.2. The number of thiazole rings is 1. The Labute approximate surface area is 146 Å². The van der Waals surface area contributed by atoms with E-state index in [4.69, 9.17) is 4.52 Å². The van der Waals surface area contributed by atoms with E-state index >= 15 is 0 Å². The molecule has 0 aliphatic heterocycles. The monoisotopic (exact) mass is 365 g/mol. The highest BCUT2D eigenvalue weighted by Crippen LogP contribution is 2.29. The highest BCUT2D eigenvalue weighted by Gasteiger charge is 2.16. The molecule has 0 aliphatic rings. The second-order valence-corrected chi connectivity index (χ2v) is 8.02. The number of nitrogens with one attached hydrogen (secondary N) is 1. The highest BCUT2D eigenvalue weighted by molar-refractivity contribution is 7.99. The van der Waals surface area contributed by atoms with Crippen molar-refractivity contribution < 1.29 is 9.32 Å². The van der Waals surface area contributed by atoms with Crippen LogP contribution in [0.3, 0.4) is 0 Å². The largest absolute Gasteiger partial charge is 0.360 e. The third-order valence-corrected chi connectivity index (χ3v) is 6.12. The molecular formula is C15H15N3O2S3. The summed E-state index contributed by atoms with van der Waals surface area (Å²) in [7, 11) is 0. The van der Waals surface area contributed by atoms with Crippen LogP contribution in [0.25, 0.3) is 9.88 Å². The van der Waals surface area contributed by atoms with Crippen LogP contribution < -0.4 is 5.32 Å². The molecule has 0 bridgehead atoms. The summed E-state index contributed by atoms with van der Waals surface area (Å²) in [6, 6.07) is 5.78. The van der Waals surface area contributed by atoms with E-state index in [-0.39, 0.29) is 11.2 Å². The van der Waals surface area contributed by atoms with E-state index in [1.54, 1.807) is 47.4 Å². The average molecular weight is 366 g/mol. The normalized spacial score (nSPS) is 12.3. The van der Waals surface area contributed by atoms with Crippen molar-refractivity contribution in [3.05, 3.63) is 40.4 Å². The van der Waals surface area contributed by atoms with Crippen LogP contribution in [0.4, 0.5) is 5.82 Å². The summed E-state index contributed by atoms with van der Waals surface area (Å²) in [6.07, 6.45) is 0. The third kappa shape index (κ3) is 4.21. The summed E-state index contributed by atoms with van der Waals surface area (Å²) in [5, 5.41) is 11.4. The molecule has 0 fully saturated rings. The SMILES string of the molecule is Cc1cc(NC(=O)[C@@H](C)SCc2csc(-c3cccs3)n2)no1. The summed E-state index contributed by atoms with van der Waals surface area (Å²) < 4.78 is 4.93. The topological polar surface area (TPSA) is 68.0 Å². The van der Waals surface area contributed by atoms with Crippen LogP contribution in [-0.4, -0.2) is 21.3 Å².